The Morgan fingerprint density at radius 1 is 1.04 bits per heavy atom. The summed E-state index contributed by atoms with van der Waals surface area (Å²) in [6.45, 7) is 9.32. The second-order valence-corrected chi connectivity index (χ2v) is 8.43. The lowest BCUT2D eigenvalue weighted by molar-refractivity contribution is -0.126. The summed E-state index contributed by atoms with van der Waals surface area (Å²) in [6.07, 6.45) is 8.98. The number of amides is 1. The van der Waals surface area contributed by atoms with Crippen molar-refractivity contribution >= 4 is 5.91 Å². The molecule has 3 rings (SSSR count). The van der Waals surface area contributed by atoms with Gasteiger partial charge in [-0.25, -0.2) is 0 Å². The highest BCUT2D eigenvalue weighted by atomic mass is 16.2. The number of carbonyl (C=O) groups is 1. The van der Waals surface area contributed by atoms with E-state index in [9.17, 15) is 4.79 Å². The normalized spacial score (nSPS) is 23.6. The SMILES string of the molecule is CC1CCCCN1Cc1ccccc1CNC(=O)C(C)N1CCCCCC1. The summed E-state index contributed by atoms with van der Waals surface area (Å²) in [5, 5.41) is 3.21. The number of benzene rings is 1. The van der Waals surface area contributed by atoms with Crippen LogP contribution in [0.25, 0.3) is 0 Å². The van der Waals surface area contributed by atoms with Gasteiger partial charge in [-0.15, -0.1) is 0 Å². The lowest BCUT2D eigenvalue weighted by Crippen LogP contribution is -2.45. The van der Waals surface area contributed by atoms with Gasteiger partial charge in [-0.1, -0.05) is 43.5 Å². The van der Waals surface area contributed by atoms with Crippen LogP contribution in [-0.4, -0.2) is 47.4 Å². The summed E-state index contributed by atoms with van der Waals surface area (Å²) in [6, 6.07) is 9.22. The number of carbonyl (C=O) groups excluding carboxylic acids is 1. The molecule has 2 heterocycles. The van der Waals surface area contributed by atoms with E-state index in [2.05, 4.69) is 53.2 Å². The highest BCUT2D eigenvalue weighted by Crippen LogP contribution is 2.21. The van der Waals surface area contributed by atoms with Gasteiger partial charge in [0.2, 0.25) is 5.91 Å². The number of piperidine rings is 1. The molecule has 0 aliphatic carbocycles. The molecule has 1 aromatic carbocycles. The van der Waals surface area contributed by atoms with Gasteiger partial charge in [-0.3, -0.25) is 14.6 Å². The van der Waals surface area contributed by atoms with Crippen molar-refractivity contribution < 1.29 is 4.79 Å². The van der Waals surface area contributed by atoms with E-state index < -0.39 is 0 Å². The molecule has 2 aliphatic heterocycles. The van der Waals surface area contributed by atoms with Crippen molar-refractivity contribution in [3.8, 4) is 0 Å². The van der Waals surface area contributed by atoms with Crippen molar-refractivity contribution in [2.24, 2.45) is 0 Å². The van der Waals surface area contributed by atoms with E-state index in [4.69, 9.17) is 0 Å². The molecule has 4 nitrogen and oxygen atoms in total. The maximum absolute atomic E-state index is 12.7. The highest BCUT2D eigenvalue weighted by Gasteiger charge is 2.22. The zero-order chi connectivity index (χ0) is 19.1. The Hall–Kier alpha value is -1.39. The highest BCUT2D eigenvalue weighted by molar-refractivity contribution is 5.81. The first-order chi connectivity index (χ1) is 13.1. The molecule has 2 saturated heterocycles. The van der Waals surface area contributed by atoms with Crippen molar-refractivity contribution in [1.29, 1.82) is 0 Å². The third-order valence-electron chi connectivity index (χ3n) is 6.45. The lowest BCUT2D eigenvalue weighted by Gasteiger charge is -2.34. The van der Waals surface area contributed by atoms with Crippen LogP contribution >= 0.6 is 0 Å². The fraction of sp³-hybridized carbons (Fsp3) is 0.696. The van der Waals surface area contributed by atoms with Crippen molar-refractivity contribution in [2.75, 3.05) is 19.6 Å². The molecule has 0 saturated carbocycles. The van der Waals surface area contributed by atoms with Crippen LogP contribution in [0.2, 0.25) is 0 Å². The Morgan fingerprint density at radius 2 is 1.70 bits per heavy atom. The van der Waals surface area contributed by atoms with Gasteiger partial charge in [0.25, 0.3) is 0 Å². The molecule has 27 heavy (non-hydrogen) atoms. The average Bonchev–Trinajstić information content (AvgIpc) is 2.97. The zero-order valence-electron chi connectivity index (χ0n) is 17.3. The fourth-order valence-corrected chi connectivity index (χ4v) is 4.47. The van der Waals surface area contributed by atoms with E-state index in [0.717, 1.165) is 19.6 Å². The Labute approximate surface area is 165 Å². The molecule has 1 N–H and O–H groups in total. The van der Waals surface area contributed by atoms with E-state index >= 15 is 0 Å². The number of nitrogens with zero attached hydrogens (tertiary/aromatic N) is 2. The topological polar surface area (TPSA) is 35.6 Å². The van der Waals surface area contributed by atoms with Gasteiger partial charge in [0.15, 0.2) is 0 Å². The summed E-state index contributed by atoms with van der Waals surface area (Å²) in [7, 11) is 0. The number of likely N-dealkylation sites (tertiary alicyclic amines) is 2. The van der Waals surface area contributed by atoms with Crippen LogP contribution < -0.4 is 5.32 Å². The predicted molar refractivity (Wildman–Crippen MR) is 112 cm³/mol. The zero-order valence-corrected chi connectivity index (χ0v) is 17.3. The largest absolute Gasteiger partial charge is 0.351 e. The Kier molecular flexibility index (Phi) is 7.71. The summed E-state index contributed by atoms with van der Waals surface area (Å²) >= 11 is 0. The van der Waals surface area contributed by atoms with Crippen molar-refractivity contribution in [3.63, 3.8) is 0 Å². The van der Waals surface area contributed by atoms with Gasteiger partial charge in [0, 0.05) is 19.1 Å². The van der Waals surface area contributed by atoms with Gasteiger partial charge in [0.05, 0.1) is 6.04 Å². The average molecular weight is 372 g/mol. The van der Waals surface area contributed by atoms with E-state index in [0.29, 0.717) is 12.6 Å². The summed E-state index contributed by atoms with van der Waals surface area (Å²) in [4.78, 5) is 17.7. The second kappa shape index (κ2) is 10.2. The van der Waals surface area contributed by atoms with Gasteiger partial charge in [0.1, 0.15) is 0 Å². The van der Waals surface area contributed by atoms with Crippen LogP contribution in [0.3, 0.4) is 0 Å². The van der Waals surface area contributed by atoms with Crippen LogP contribution in [0.4, 0.5) is 0 Å². The monoisotopic (exact) mass is 371 g/mol. The Balaban J connectivity index is 1.56. The minimum Gasteiger partial charge on any atom is -0.351 e. The first kappa shape index (κ1) is 20.3. The fourth-order valence-electron chi connectivity index (χ4n) is 4.47. The van der Waals surface area contributed by atoms with Crippen LogP contribution in [0.1, 0.15) is 69.9 Å². The molecular formula is C23H37N3O. The molecule has 150 valence electrons. The first-order valence-corrected chi connectivity index (χ1v) is 11.0. The van der Waals surface area contributed by atoms with Gasteiger partial charge in [-0.2, -0.15) is 0 Å². The molecule has 2 aliphatic rings. The third-order valence-corrected chi connectivity index (χ3v) is 6.45. The molecule has 1 aromatic rings. The third kappa shape index (κ3) is 5.79. The molecule has 2 fully saturated rings. The summed E-state index contributed by atoms with van der Waals surface area (Å²) in [5.41, 5.74) is 2.61. The number of hydrogen-bond donors (Lipinski definition) is 1. The van der Waals surface area contributed by atoms with Crippen LogP contribution in [0.5, 0.6) is 0 Å². The molecule has 0 aromatic heterocycles. The van der Waals surface area contributed by atoms with Crippen LogP contribution in [-0.2, 0) is 17.9 Å². The minimum absolute atomic E-state index is 0.0302. The molecule has 0 radical (unpaired) electrons. The second-order valence-electron chi connectivity index (χ2n) is 8.43. The number of hydrogen-bond acceptors (Lipinski definition) is 3. The van der Waals surface area contributed by atoms with Crippen molar-refractivity contribution in [2.45, 2.75) is 84.0 Å². The van der Waals surface area contributed by atoms with Gasteiger partial charge in [-0.05, 0) is 70.3 Å². The van der Waals surface area contributed by atoms with Gasteiger partial charge < -0.3 is 5.32 Å². The molecule has 0 spiro atoms. The summed E-state index contributed by atoms with van der Waals surface area (Å²) < 4.78 is 0. The van der Waals surface area contributed by atoms with Crippen LogP contribution in [0.15, 0.2) is 24.3 Å². The molecule has 0 bridgehead atoms. The number of rotatable bonds is 6. The minimum atomic E-state index is -0.0302. The maximum Gasteiger partial charge on any atom is 0.237 e. The van der Waals surface area contributed by atoms with E-state index in [1.807, 2.05) is 0 Å². The molecule has 1 amide bonds. The Bertz CT molecular complexity index is 595. The Morgan fingerprint density at radius 3 is 2.41 bits per heavy atom. The summed E-state index contributed by atoms with van der Waals surface area (Å²) in [5.74, 6) is 0.165. The quantitative estimate of drug-likeness (QED) is 0.823. The van der Waals surface area contributed by atoms with Crippen LogP contribution in [0, 0.1) is 0 Å². The van der Waals surface area contributed by atoms with Crippen molar-refractivity contribution in [3.05, 3.63) is 35.4 Å². The molecule has 4 heteroatoms. The van der Waals surface area contributed by atoms with E-state index in [1.165, 1.54) is 62.6 Å². The smallest absolute Gasteiger partial charge is 0.237 e. The predicted octanol–water partition coefficient (Wildman–Crippen LogP) is 3.94. The molecule has 2 unspecified atom stereocenters. The van der Waals surface area contributed by atoms with Crippen molar-refractivity contribution in [1.82, 2.24) is 15.1 Å². The van der Waals surface area contributed by atoms with E-state index in [1.54, 1.807) is 0 Å². The lowest BCUT2D eigenvalue weighted by atomic mass is 10.0. The number of nitrogens with one attached hydrogen (secondary N) is 1. The molecular weight excluding hydrogens is 334 g/mol. The standard InChI is InChI=1S/C23H37N3O/c1-19-11-7-10-16-26(19)18-22-13-6-5-12-21(22)17-24-23(27)20(2)25-14-8-3-4-9-15-25/h5-6,12-13,19-20H,3-4,7-11,14-18H2,1-2H3,(H,24,27). The maximum atomic E-state index is 12.7. The first-order valence-electron chi connectivity index (χ1n) is 11.0. The van der Waals surface area contributed by atoms with E-state index in [-0.39, 0.29) is 11.9 Å². The van der Waals surface area contributed by atoms with Gasteiger partial charge >= 0.3 is 0 Å². The molecule has 2 atom stereocenters.